The van der Waals surface area contributed by atoms with Crippen molar-refractivity contribution in [3.63, 3.8) is 0 Å². The van der Waals surface area contributed by atoms with E-state index in [1.807, 2.05) is 31.2 Å². The highest BCUT2D eigenvalue weighted by Crippen LogP contribution is 2.01. The molecule has 0 aliphatic heterocycles. The lowest BCUT2D eigenvalue weighted by molar-refractivity contribution is 0.282. The van der Waals surface area contributed by atoms with E-state index in [1.165, 1.54) is 5.56 Å². The molecule has 0 amide bonds. The topological polar surface area (TPSA) is 20.2 Å². The molecule has 0 saturated carbocycles. The van der Waals surface area contributed by atoms with E-state index < -0.39 is 0 Å². The van der Waals surface area contributed by atoms with Gasteiger partial charge in [0.15, 0.2) is 0 Å². The summed E-state index contributed by atoms with van der Waals surface area (Å²) in [5.74, 6) is 0. The lowest BCUT2D eigenvalue weighted by atomic mass is 10.2. The molecule has 0 fully saturated rings. The van der Waals surface area contributed by atoms with Gasteiger partial charge in [-0.25, -0.2) is 0 Å². The zero-order valence-corrected chi connectivity index (χ0v) is 6.88. The second kappa shape index (κ2) is 5.69. The summed E-state index contributed by atoms with van der Waals surface area (Å²) >= 11 is 0. The van der Waals surface area contributed by atoms with Gasteiger partial charge in [-0.3, -0.25) is 0 Å². The predicted molar refractivity (Wildman–Crippen MR) is 48.4 cm³/mol. The van der Waals surface area contributed by atoms with Crippen LogP contribution < -0.4 is 0 Å². The van der Waals surface area contributed by atoms with Crippen molar-refractivity contribution in [1.29, 1.82) is 0 Å². The number of hydrogen-bond acceptors (Lipinski definition) is 1. The van der Waals surface area contributed by atoms with E-state index >= 15 is 0 Å². The maximum atomic E-state index is 8.63. The summed E-state index contributed by atoms with van der Waals surface area (Å²) in [6.07, 6.45) is 0. The van der Waals surface area contributed by atoms with E-state index in [4.69, 9.17) is 5.11 Å². The summed E-state index contributed by atoms with van der Waals surface area (Å²) < 4.78 is 0. The molecular weight excluding hydrogens is 136 g/mol. The Kier molecular flexibility index (Phi) is 5.13. The number of benzene rings is 1. The first kappa shape index (κ1) is 9.92. The molecule has 1 nitrogen and oxygen atoms in total. The van der Waals surface area contributed by atoms with E-state index in [2.05, 4.69) is 13.2 Å². The van der Waals surface area contributed by atoms with Crippen LogP contribution in [0.2, 0.25) is 0 Å². The molecule has 0 aliphatic rings. The molecule has 0 aliphatic carbocycles. The van der Waals surface area contributed by atoms with Crippen LogP contribution in [0.4, 0.5) is 0 Å². The quantitative estimate of drug-likeness (QED) is 0.609. The monoisotopic (exact) mass is 150 g/mol. The van der Waals surface area contributed by atoms with E-state index in [1.54, 1.807) is 0 Å². The maximum absolute atomic E-state index is 8.63. The Balaban J connectivity index is 0.000000461. The first-order valence-corrected chi connectivity index (χ1v) is 3.49. The van der Waals surface area contributed by atoms with Crippen LogP contribution in [0.15, 0.2) is 37.4 Å². The number of hydrogen-bond donors (Lipinski definition) is 1. The summed E-state index contributed by atoms with van der Waals surface area (Å²) in [6.45, 7) is 8.17. The summed E-state index contributed by atoms with van der Waals surface area (Å²) in [7, 11) is 0. The average molecular weight is 150 g/mol. The highest BCUT2D eigenvalue weighted by atomic mass is 16.3. The van der Waals surface area contributed by atoms with Gasteiger partial charge in [0.05, 0.1) is 6.61 Å². The fourth-order valence-corrected chi connectivity index (χ4v) is 0.693. The molecule has 60 valence electrons. The van der Waals surface area contributed by atoms with Crippen molar-refractivity contribution in [2.45, 2.75) is 13.5 Å². The Labute approximate surface area is 68.0 Å². The van der Waals surface area contributed by atoms with Crippen molar-refractivity contribution >= 4 is 0 Å². The van der Waals surface area contributed by atoms with Crippen molar-refractivity contribution < 1.29 is 5.11 Å². The molecule has 0 saturated heterocycles. The standard InChI is InChI=1S/C8H10O.C2H4/c1-7-2-4-8(6-9)5-3-7;1-2/h2-5,9H,6H2,1H3;1-2H2. The predicted octanol–water partition coefficient (Wildman–Crippen LogP) is 2.29. The van der Waals surface area contributed by atoms with Crippen LogP contribution in [-0.2, 0) is 6.61 Å². The summed E-state index contributed by atoms with van der Waals surface area (Å²) in [4.78, 5) is 0. The lowest BCUT2D eigenvalue weighted by Crippen LogP contribution is -1.80. The van der Waals surface area contributed by atoms with Gasteiger partial charge in [-0.1, -0.05) is 29.8 Å². The van der Waals surface area contributed by atoms with Crippen molar-refractivity contribution in [3.8, 4) is 0 Å². The van der Waals surface area contributed by atoms with Gasteiger partial charge in [0, 0.05) is 0 Å². The lowest BCUT2D eigenvalue weighted by Gasteiger charge is -1.93. The fourth-order valence-electron chi connectivity index (χ4n) is 0.693. The van der Waals surface area contributed by atoms with Crippen molar-refractivity contribution in [2.24, 2.45) is 0 Å². The second-order valence-electron chi connectivity index (χ2n) is 2.14. The number of aliphatic hydroxyl groups excluding tert-OH is 1. The van der Waals surface area contributed by atoms with Crippen molar-refractivity contribution in [2.75, 3.05) is 0 Å². The molecule has 0 heterocycles. The zero-order valence-electron chi connectivity index (χ0n) is 6.88. The normalized spacial score (nSPS) is 8.18. The van der Waals surface area contributed by atoms with Crippen LogP contribution in [0.5, 0.6) is 0 Å². The van der Waals surface area contributed by atoms with Crippen LogP contribution in [0.3, 0.4) is 0 Å². The Bertz CT molecular complexity index is 189. The molecule has 1 heteroatoms. The van der Waals surface area contributed by atoms with Gasteiger partial charge < -0.3 is 5.11 Å². The number of aryl methyl sites for hydroxylation is 1. The Morgan fingerprint density at radius 2 is 1.64 bits per heavy atom. The minimum Gasteiger partial charge on any atom is -0.392 e. The molecule has 1 aromatic carbocycles. The molecule has 1 rings (SSSR count). The van der Waals surface area contributed by atoms with Crippen molar-refractivity contribution in [1.82, 2.24) is 0 Å². The third-order valence-electron chi connectivity index (χ3n) is 1.30. The third-order valence-corrected chi connectivity index (χ3v) is 1.30. The van der Waals surface area contributed by atoms with Gasteiger partial charge in [-0.2, -0.15) is 0 Å². The first-order chi connectivity index (χ1) is 5.33. The second-order valence-corrected chi connectivity index (χ2v) is 2.14. The Morgan fingerprint density at radius 3 is 2.00 bits per heavy atom. The highest BCUT2D eigenvalue weighted by Gasteiger charge is 1.85. The van der Waals surface area contributed by atoms with E-state index in [9.17, 15) is 0 Å². The van der Waals surface area contributed by atoms with Gasteiger partial charge in [0.2, 0.25) is 0 Å². The Hall–Kier alpha value is -1.08. The van der Waals surface area contributed by atoms with E-state index in [-0.39, 0.29) is 6.61 Å². The SMILES string of the molecule is C=C.Cc1ccc(CO)cc1. The van der Waals surface area contributed by atoms with Crippen LogP contribution in [0.25, 0.3) is 0 Å². The van der Waals surface area contributed by atoms with Crippen LogP contribution >= 0.6 is 0 Å². The Morgan fingerprint density at radius 1 is 1.18 bits per heavy atom. The van der Waals surface area contributed by atoms with Gasteiger partial charge >= 0.3 is 0 Å². The smallest absolute Gasteiger partial charge is 0.0681 e. The minimum absolute atomic E-state index is 0.139. The molecule has 1 N–H and O–H groups in total. The maximum Gasteiger partial charge on any atom is 0.0681 e. The minimum atomic E-state index is 0.139. The number of rotatable bonds is 1. The van der Waals surface area contributed by atoms with E-state index in [0.717, 1.165) is 5.56 Å². The third kappa shape index (κ3) is 3.58. The van der Waals surface area contributed by atoms with Gasteiger partial charge in [-0.15, -0.1) is 13.2 Å². The van der Waals surface area contributed by atoms with Gasteiger partial charge in [0.25, 0.3) is 0 Å². The average Bonchev–Trinajstić information content (AvgIpc) is 2.10. The molecule has 0 aromatic heterocycles. The zero-order chi connectivity index (χ0) is 8.69. The molecule has 11 heavy (non-hydrogen) atoms. The summed E-state index contributed by atoms with van der Waals surface area (Å²) in [5.41, 5.74) is 2.20. The summed E-state index contributed by atoms with van der Waals surface area (Å²) in [6, 6.07) is 7.84. The van der Waals surface area contributed by atoms with Crippen LogP contribution in [0, 0.1) is 6.92 Å². The largest absolute Gasteiger partial charge is 0.392 e. The molecule has 1 aromatic rings. The highest BCUT2D eigenvalue weighted by molar-refractivity contribution is 5.20. The van der Waals surface area contributed by atoms with E-state index in [0.29, 0.717) is 0 Å². The van der Waals surface area contributed by atoms with Crippen LogP contribution in [0.1, 0.15) is 11.1 Å². The fraction of sp³-hybridized carbons (Fsp3) is 0.200. The summed E-state index contributed by atoms with van der Waals surface area (Å²) in [5, 5.41) is 8.63. The van der Waals surface area contributed by atoms with Crippen LogP contribution in [-0.4, -0.2) is 5.11 Å². The molecular formula is C10H14O. The molecule has 0 radical (unpaired) electrons. The molecule has 0 unspecified atom stereocenters. The molecule has 0 bridgehead atoms. The molecule has 0 spiro atoms. The molecule has 0 atom stereocenters. The first-order valence-electron chi connectivity index (χ1n) is 3.49. The van der Waals surface area contributed by atoms with Crippen molar-refractivity contribution in [3.05, 3.63) is 48.6 Å². The van der Waals surface area contributed by atoms with Gasteiger partial charge in [0.1, 0.15) is 0 Å². The van der Waals surface area contributed by atoms with Gasteiger partial charge in [-0.05, 0) is 12.5 Å². The number of aliphatic hydroxyl groups is 1.